The van der Waals surface area contributed by atoms with Crippen LogP contribution in [-0.4, -0.2) is 12.5 Å². The van der Waals surface area contributed by atoms with Gasteiger partial charge in [-0.2, -0.15) is 0 Å². The van der Waals surface area contributed by atoms with Gasteiger partial charge < -0.3 is 11.1 Å². The highest BCUT2D eigenvalue weighted by molar-refractivity contribution is 5.96. The van der Waals surface area contributed by atoms with E-state index in [1.807, 2.05) is 25.1 Å². The zero-order valence-electron chi connectivity index (χ0n) is 10.8. The third kappa shape index (κ3) is 1.98. The standard InChI is InChI=1S/C15H20N2O/c1-10-12(3-2-4-13(10)16)14(18)17-9-15(7-8-15)11-5-6-11/h2-4,11H,5-9,16H2,1H3,(H,17,18). The maximum atomic E-state index is 12.2. The molecule has 3 rings (SSSR count). The van der Waals surface area contributed by atoms with E-state index in [4.69, 9.17) is 5.73 Å². The second-order valence-corrected chi connectivity index (χ2v) is 5.84. The van der Waals surface area contributed by atoms with Crippen LogP contribution >= 0.6 is 0 Å². The van der Waals surface area contributed by atoms with E-state index < -0.39 is 0 Å². The molecule has 0 heterocycles. The summed E-state index contributed by atoms with van der Waals surface area (Å²) >= 11 is 0. The molecular weight excluding hydrogens is 224 g/mol. The molecule has 0 aliphatic heterocycles. The van der Waals surface area contributed by atoms with Crippen LogP contribution in [-0.2, 0) is 0 Å². The molecule has 18 heavy (non-hydrogen) atoms. The van der Waals surface area contributed by atoms with Gasteiger partial charge in [-0.1, -0.05) is 6.07 Å². The molecule has 3 nitrogen and oxygen atoms in total. The Labute approximate surface area is 108 Å². The fourth-order valence-electron chi connectivity index (χ4n) is 2.84. The van der Waals surface area contributed by atoms with E-state index in [9.17, 15) is 4.79 Å². The lowest BCUT2D eigenvalue weighted by molar-refractivity contribution is 0.0942. The van der Waals surface area contributed by atoms with Crippen molar-refractivity contribution in [2.24, 2.45) is 11.3 Å². The first kappa shape index (κ1) is 11.6. The molecule has 2 aliphatic rings. The number of nitrogen functional groups attached to an aromatic ring is 1. The number of carbonyl (C=O) groups is 1. The van der Waals surface area contributed by atoms with Crippen LogP contribution in [0.5, 0.6) is 0 Å². The van der Waals surface area contributed by atoms with Gasteiger partial charge in [-0.3, -0.25) is 4.79 Å². The van der Waals surface area contributed by atoms with Crippen molar-refractivity contribution in [3.05, 3.63) is 29.3 Å². The van der Waals surface area contributed by atoms with Gasteiger partial charge in [0.2, 0.25) is 0 Å². The number of benzene rings is 1. The summed E-state index contributed by atoms with van der Waals surface area (Å²) in [5.41, 5.74) is 8.56. The van der Waals surface area contributed by atoms with Crippen molar-refractivity contribution in [3.63, 3.8) is 0 Å². The summed E-state index contributed by atoms with van der Waals surface area (Å²) in [6, 6.07) is 5.52. The Balaban J connectivity index is 1.66. The molecule has 0 radical (unpaired) electrons. The molecule has 96 valence electrons. The molecule has 0 spiro atoms. The molecule has 0 unspecified atom stereocenters. The first-order chi connectivity index (χ1) is 8.62. The third-order valence-corrected chi connectivity index (χ3v) is 4.56. The second kappa shape index (κ2) is 4.01. The minimum Gasteiger partial charge on any atom is -0.398 e. The SMILES string of the molecule is Cc1c(N)cccc1C(=O)NCC1(C2CC2)CC1. The molecule has 0 saturated heterocycles. The summed E-state index contributed by atoms with van der Waals surface area (Å²) in [7, 11) is 0. The Morgan fingerprint density at radius 2 is 2.17 bits per heavy atom. The zero-order valence-corrected chi connectivity index (χ0v) is 10.8. The monoisotopic (exact) mass is 244 g/mol. The van der Waals surface area contributed by atoms with Crippen molar-refractivity contribution in [3.8, 4) is 0 Å². The summed E-state index contributed by atoms with van der Waals surface area (Å²) in [5, 5.41) is 3.10. The number of hydrogen-bond donors (Lipinski definition) is 2. The summed E-state index contributed by atoms with van der Waals surface area (Å²) in [5.74, 6) is 0.895. The Morgan fingerprint density at radius 1 is 1.44 bits per heavy atom. The summed E-state index contributed by atoms with van der Waals surface area (Å²) in [6.07, 6.45) is 5.28. The van der Waals surface area contributed by atoms with Gasteiger partial charge >= 0.3 is 0 Å². The van der Waals surface area contributed by atoms with E-state index in [0.717, 1.165) is 18.0 Å². The van der Waals surface area contributed by atoms with E-state index in [1.54, 1.807) is 0 Å². The van der Waals surface area contributed by atoms with Crippen LogP contribution < -0.4 is 11.1 Å². The van der Waals surface area contributed by atoms with E-state index in [-0.39, 0.29) is 5.91 Å². The topological polar surface area (TPSA) is 55.1 Å². The molecule has 1 amide bonds. The molecule has 0 aromatic heterocycles. The van der Waals surface area contributed by atoms with Crippen LogP contribution in [0.1, 0.15) is 41.6 Å². The van der Waals surface area contributed by atoms with E-state index in [1.165, 1.54) is 25.7 Å². The number of nitrogens with two attached hydrogens (primary N) is 1. The Kier molecular flexibility index (Phi) is 2.58. The first-order valence-corrected chi connectivity index (χ1v) is 6.76. The van der Waals surface area contributed by atoms with Crippen LogP contribution in [0.15, 0.2) is 18.2 Å². The van der Waals surface area contributed by atoms with Gasteiger partial charge in [0.25, 0.3) is 5.91 Å². The van der Waals surface area contributed by atoms with E-state index >= 15 is 0 Å². The Morgan fingerprint density at radius 3 is 2.78 bits per heavy atom. The maximum Gasteiger partial charge on any atom is 0.251 e. The molecule has 2 saturated carbocycles. The molecule has 3 heteroatoms. The lowest BCUT2D eigenvalue weighted by atomic mass is 10.00. The first-order valence-electron chi connectivity index (χ1n) is 6.76. The molecule has 0 atom stereocenters. The molecule has 1 aromatic rings. The number of anilines is 1. The van der Waals surface area contributed by atoms with Gasteiger partial charge in [-0.15, -0.1) is 0 Å². The van der Waals surface area contributed by atoms with Crippen molar-refractivity contribution in [2.75, 3.05) is 12.3 Å². The zero-order chi connectivity index (χ0) is 12.8. The quantitative estimate of drug-likeness (QED) is 0.799. The van der Waals surface area contributed by atoms with Crippen LogP contribution in [0.25, 0.3) is 0 Å². The minimum absolute atomic E-state index is 0.0201. The van der Waals surface area contributed by atoms with Crippen LogP contribution in [0, 0.1) is 18.3 Å². The molecule has 3 N–H and O–H groups in total. The molecule has 1 aromatic carbocycles. The fraction of sp³-hybridized carbons (Fsp3) is 0.533. The van der Waals surface area contributed by atoms with Gasteiger partial charge in [-0.05, 0) is 61.6 Å². The highest BCUT2D eigenvalue weighted by Crippen LogP contribution is 2.60. The van der Waals surface area contributed by atoms with Crippen molar-refractivity contribution < 1.29 is 4.79 Å². The van der Waals surface area contributed by atoms with Gasteiger partial charge in [0, 0.05) is 17.8 Å². The maximum absolute atomic E-state index is 12.2. The highest BCUT2D eigenvalue weighted by Gasteiger charge is 2.53. The van der Waals surface area contributed by atoms with Crippen molar-refractivity contribution in [2.45, 2.75) is 32.6 Å². The molecule has 2 fully saturated rings. The second-order valence-electron chi connectivity index (χ2n) is 5.84. The van der Waals surface area contributed by atoms with Crippen LogP contribution in [0.3, 0.4) is 0 Å². The number of hydrogen-bond acceptors (Lipinski definition) is 2. The average Bonchev–Trinajstić information content (AvgIpc) is 3.22. The van der Waals surface area contributed by atoms with E-state index in [0.29, 0.717) is 16.7 Å². The Hall–Kier alpha value is -1.51. The van der Waals surface area contributed by atoms with E-state index in [2.05, 4.69) is 5.32 Å². The smallest absolute Gasteiger partial charge is 0.251 e. The van der Waals surface area contributed by atoms with Crippen LogP contribution in [0.4, 0.5) is 5.69 Å². The molecular formula is C15H20N2O. The predicted octanol–water partition coefficient (Wildman–Crippen LogP) is 2.50. The Bertz CT molecular complexity index is 487. The van der Waals surface area contributed by atoms with Crippen molar-refractivity contribution in [1.29, 1.82) is 0 Å². The van der Waals surface area contributed by atoms with Crippen molar-refractivity contribution >= 4 is 11.6 Å². The summed E-state index contributed by atoms with van der Waals surface area (Å²) in [4.78, 5) is 12.2. The minimum atomic E-state index is 0.0201. The fourth-order valence-corrected chi connectivity index (χ4v) is 2.84. The highest BCUT2D eigenvalue weighted by atomic mass is 16.1. The largest absolute Gasteiger partial charge is 0.398 e. The number of rotatable bonds is 4. The van der Waals surface area contributed by atoms with Gasteiger partial charge in [0.05, 0.1) is 0 Å². The molecule has 2 aliphatic carbocycles. The summed E-state index contributed by atoms with van der Waals surface area (Å²) in [6.45, 7) is 2.74. The van der Waals surface area contributed by atoms with Gasteiger partial charge in [0.15, 0.2) is 0 Å². The number of amides is 1. The molecule has 0 bridgehead atoms. The lowest BCUT2D eigenvalue weighted by Gasteiger charge is -2.16. The summed E-state index contributed by atoms with van der Waals surface area (Å²) < 4.78 is 0. The van der Waals surface area contributed by atoms with Crippen molar-refractivity contribution in [1.82, 2.24) is 5.32 Å². The lowest BCUT2D eigenvalue weighted by Crippen LogP contribution is -2.31. The third-order valence-electron chi connectivity index (χ3n) is 4.56. The van der Waals surface area contributed by atoms with Gasteiger partial charge in [0.1, 0.15) is 0 Å². The van der Waals surface area contributed by atoms with Gasteiger partial charge in [-0.25, -0.2) is 0 Å². The normalized spacial score (nSPS) is 20.5. The number of carbonyl (C=O) groups excluding carboxylic acids is 1. The predicted molar refractivity (Wildman–Crippen MR) is 72.3 cm³/mol. The number of nitrogens with one attached hydrogen (secondary N) is 1. The van der Waals surface area contributed by atoms with Crippen LogP contribution in [0.2, 0.25) is 0 Å². The average molecular weight is 244 g/mol.